The van der Waals surface area contributed by atoms with Crippen molar-refractivity contribution in [1.82, 2.24) is 4.31 Å². The molecule has 0 N–H and O–H groups in total. The molecule has 1 fully saturated rings. The van der Waals surface area contributed by atoms with E-state index in [4.69, 9.17) is 4.74 Å². The molecule has 1 aromatic rings. The van der Waals surface area contributed by atoms with Crippen molar-refractivity contribution >= 4 is 16.0 Å². The van der Waals surface area contributed by atoms with Gasteiger partial charge in [-0.3, -0.25) is 0 Å². The van der Waals surface area contributed by atoms with E-state index >= 15 is 0 Å². The molecule has 0 spiro atoms. The van der Waals surface area contributed by atoms with Gasteiger partial charge in [0.15, 0.2) is 0 Å². The van der Waals surface area contributed by atoms with Crippen LogP contribution >= 0.6 is 0 Å². The molecule has 0 radical (unpaired) electrons. The van der Waals surface area contributed by atoms with Crippen LogP contribution in [0.2, 0.25) is 0 Å². The number of carbonyl (C=O) groups is 1. The molecule has 1 heterocycles. The number of methoxy groups -OCH3 is 1. The van der Waals surface area contributed by atoms with Gasteiger partial charge in [0.05, 0.1) is 17.6 Å². The summed E-state index contributed by atoms with van der Waals surface area (Å²) in [5.74, 6) is -0.517. The molecular formula is C15H21NO4S. The first-order valence-electron chi connectivity index (χ1n) is 7.08. The molecule has 116 valence electrons. The van der Waals surface area contributed by atoms with Crippen molar-refractivity contribution in [2.75, 3.05) is 13.7 Å². The van der Waals surface area contributed by atoms with E-state index in [2.05, 4.69) is 0 Å². The Hall–Kier alpha value is -1.40. The largest absolute Gasteiger partial charge is 0.465 e. The molecule has 1 aliphatic rings. The van der Waals surface area contributed by atoms with Crippen molar-refractivity contribution in [2.24, 2.45) is 0 Å². The molecule has 0 bridgehead atoms. The van der Waals surface area contributed by atoms with Crippen LogP contribution in [0.15, 0.2) is 23.1 Å². The first kappa shape index (κ1) is 16.0. The Morgan fingerprint density at radius 3 is 2.67 bits per heavy atom. The van der Waals surface area contributed by atoms with Gasteiger partial charge in [0.2, 0.25) is 10.0 Å². The predicted octanol–water partition coefficient (Wildman–Crippen LogP) is 2.34. The Morgan fingerprint density at radius 2 is 2.05 bits per heavy atom. The molecule has 0 aliphatic carbocycles. The van der Waals surface area contributed by atoms with E-state index in [1.807, 2.05) is 6.92 Å². The highest BCUT2D eigenvalue weighted by Gasteiger charge is 2.31. The van der Waals surface area contributed by atoms with E-state index in [0.717, 1.165) is 19.3 Å². The third kappa shape index (κ3) is 3.11. The van der Waals surface area contributed by atoms with Gasteiger partial charge < -0.3 is 4.74 Å². The zero-order chi connectivity index (χ0) is 15.6. The summed E-state index contributed by atoms with van der Waals surface area (Å²) in [5.41, 5.74) is 0.996. The van der Waals surface area contributed by atoms with Crippen LogP contribution in [0.25, 0.3) is 0 Å². The quantitative estimate of drug-likeness (QED) is 0.804. The first-order chi connectivity index (χ1) is 9.87. The third-order valence-electron chi connectivity index (χ3n) is 3.96. The van der Waals surface area contributed by atoms with Crippen LogP contribution in [0.1, 0.15) is 42.1 Å². The van der Waals surface area contributed by atoms with Crippen LogP contribution in [0, 0.1) is 6.92 Å². The third-order valence-corrected chi connectivity index (χ3v) is 5.97. The standard InChI is InChI=1S/C15H21NO4S/c1-11-7-8-13(10-14(11)15(17)20-3)21(18,19)16-9-5-4-6-12(16)2/h7-8,10,12H,4-6,9H2,1-3H3. The van der Waals surface area contributed by atoms with Crippen molar-refractivity contribution in [1.29, 1.82) is 0 Å². The summed E-state index contributed by atoms with van der Waals surface area (Å²) in [5, 5.41) is 0. The number of rotatable bonds is 3. The van der Waals surface area contributed by atoms with E-state index in [0.29, 0.717) is 17.7 Å². The summed E-state index contributed by atoms with van der Waals surface area (Å²) in [6.07, 6.45) is 2.79. The molecule has 6 heteroatoms. The lowest BCUT2D eigenvalue weighted by molar-refractivity contribution is 0.0599. The van der Waals surface area contributed by atoms with E-state index in [-0.39, 0.29) is 10.9 Å². The number of hydrogen-bond donors (Lipinski definition) is 0. The average molecular weight is 311 g/mol. The van der Waals surface area contributed by atoms with Crippen LogP contribution < -0.4 is 0 Å². The SMILES string of the molecule is COC(=O)c1cc(S(=O)(=O)N2CCCCC2C)ccc1C. The van der Waals surface area contributed by atoms with Crippen LogP contribution in [0.3, 0.4) is 0 Å². The van der Waals surface area contributed by atoms with Gasteiger partial charge in [-0.1, -0.05) is 12.5 Å². The fourth-order valence-corrected chi connectivity index (χ4v) is 4.38. The number of aryl methyl sites for hydroxylation is 1. The second-order valence-corrected chi connectivity index (χ2v) is 7.32. The smallest absolute Gasteiger partial charge is 0.338 e. The summed E-state index contributed by atoms with van der Waals surface area (Å²) in [7, 11) is -2.28. The maximum atomic E-state index is 12.7. The number of hydrogen-bond acceptors (Lipinski definition) is 4. The molecule has 0 aromatic heterocycles. The van der Waals surface area contributed by atoms with Crippen LogP contribution in [0.4, 0.5) is 0 Å². The molecule has 1 saturated heterocycles. The number of esters is 1. The molecule has 1 unspecified atom stereocenters. The molecule has 1 atom stereocenters. The molecule has 0 saturated carbocycles. The van der Waals surface area contributed by atoms with E-state index in [1.165, 1.54) is 17.5 Å². The molecule has 21 heavy (non-hydrogen) atoms. The number of piperidine rings is 1. The Balaban J connectivity index is 2.43. The normalized spacial score (nSPS) is 20.2. The number of sulfonamides is 1. The molecule has 1 aromatic carbocycles. The van der Waals surface area contributed by atoms with Crippen molar-refractivity contribution in [2.45, 2.75) is 44.0 Å². The van der Waals surface area contributed by atoms with E-state index in [1.54, 1.807) is 19.1 Å². The summed E-state index contributed by atoms with van der Waals surface area (Å²) in [6.45, 7) is 4.21. The van der Waals surface area contributed by atoms with Crippen molar-refractivity contribution < 1.29 is 17.9 Å². The Bertz CT molecular complexity index is 639. The maximum Gasteiger partial charge on any atom is 0.338 e. The van der Waals surface area contributed by atoms with Gasteiger partial charge in [0, 0.05) is 12.6 Å². The Labute approximate surface area is 126 Å². The van der Waals surface area contributed by atoms with Crippen molar-refractivity contribution in [3.8, 4) is 0 Å². The van der Waals surface area contributed by atoms with Gasteiger partial charge in [-0.05, 0) is 44.4 Å². The van der Waals surface area contributed by atoms with Gasteiger partial charge in [-0.15, -0.1) is 0 Å². The first-order valence-corrected chi connectivity index (χ1v) is 8.52. The van der Waals surface area contributed by atoms with Crippen LogP contribution in [0.5, 0.6) is 0 Å². The zero-order valence-corrected chi connectivity index (χ0v) is 13.4. The van der Waals surface area contributed by atoms with Crippen molar-refractivity contribution in [3.05, 3.63) is 29.3 Å². The topological polar surface area (TPSA) is 63.7 Å². The summed E-state index contributed by atoms with van der Waals surface area (Å²) < 4.78 is 31.7. The highest BCUT2D eigenvalue weighted by Crippen LogP contribution is 2.26. The second-order valence-electron chi connectivity index (χ2n) is 5.43. The minimum Gasteiger partial charge on any atom is -0.465 e. The fraction of sp³-hybridized carbons (Fsp3) is 0.533. The van der Waals surface area contributed by atoms with Crippen LogP contribution in [-0.4, -0.2) is 38.4 Å². The number of benzene rings is 1. The fourth-order valence-electron chi connectivity index (χ4n) is 2.66. The van der Waals surface area contributed by atoms with E-state index in [9.17, 15) is 13.2 Å². The Kier molecular flexibility index (Phi) is 4.68. The minimum atomic E-state index is -3.57. The van der Waals surface area contributed by atoms with Gasteiger partial charge >= 0.3 is 5.97 Å². The summed E-state index contributed by atoms with van der Waals surface area (Å²) in [6, 6.07) is 4.61. The lowest BCUT2D eigenvalue weighted by Gasteiger charge is -2.32. The minimum absolute atomic E-state index is 0.00775. The lowest BCUT2D eigenvalue weighted by Crippen LogP contribution is -2.41. The van der Waals surface area contributed by atoms with Gasteiger partial charge in [0.1, 0.15) is 0 Å². The number of carbonyl (C=O) groups excluding carboxylic acids is 1. The van der Waals surface area contributed by atoms with Gasteiger partial charge in [-0.2, -0.15) is 4.31 Å². The number of nitrogens with zero attached hydrogens (tertiary/aromatic N) is 1. The van der Waals surface area contributed by atoms with Gasteiger partial charge in [0.25, 0.3) is 0 Å². The monoisotopic (exact) mass is 311 g/mol. The molecule has 2 rings (SSSR count). The highest BCUT2D eigenvalue weighted by atomic mass is 32.2. The molecule has 5 nitrogen and oxygen atoms in total. The van der Waals surface area contributed by atoms with E-state index < -0.39 is 16.0 Å². The van der Waals surface area contributed by atoms with Crippen molar-refractivity contribution in [3.63, 3.8) is 0 Å². The summed E-state index contributed by atoms with van der Waals surface area (Å²) in [4.78, 5) is 11.9. The average Bonchev–Trinajstić information content (AvgIpc) is 2.47. The number of ether oxygens (including phenoxy) is 1. The van der Waals surface area contributed by atoms with Crippen LogP contribution in [-0.2, 0) is 14.8 Å². The highest BCUT2D eigenvalue weighted by molar-refractivity contribution is 7.89. The molecule has 1 aliphatic heterocycles. The molecular weight excluding hydrogens is 290 g/mol. The zero-order valence-electron chi connectivity index (χ0n) is 12.6. The predicted molar refractivity (Wildman–Crippen MR) is 79.7 cm³/mol. The maximum absolute atomic E-state index is 12.7. The molecule has 0 amide bonds. The van der Waals surface area contributed by atoms with Gasteiger partial charge in [-0.25, -0.2) is 13.2 Å². The lowest BCUT2D eigenvalue weighted by atomic mass is 10.1. The Morgan fingerprint density at radius 1 is 1.33 bits per heavy atom. The summed E-state index contributed by atoms with van der Waals surface area (Å²) >= 11 is 0. The second kappa shape index (κ2) is 6.15.